The van der Waals surface area contributed by atoms with Crippen molar-refractivity contribution in [3.05, 3.63) is 0 Å². The monoisotopic (exact) mass is 554 g/mol. The van der Waals surface area contributed by atoms with E-state index in [0.29, 0.717) is 0 Å². The van der Waals surface area contributed by atoms with E-state index in [1.54, 1.807) is 0 Å². The summed E-state index contributed by atoms with van der Waals surface area (Å²) < 4.78 is 157. The lowest BCUT2D eigenvalue weighted by Gasteiger charge is -2.39. The molecule has 0 aromatic carbocycles. The normalized spacial score (nSPS) is 20.5. The molecule has 0 aliphatic heterocycles. The van der Waals surface area contributed by atoms with Crippen LogP contribution in [-0.4, -0.2) is 35.3 Å². The number of hydrogen-bond acceptors (Lipinski definition) is 4. The number of hydrogen-bond donors (Lipinski definition) is 0. The van der Waals surface area contributed by atoms with Crippen LogP contribution in [0, 0.1) is 0 Å². The molecule has 4 nitrogen and oxygen atoms in total. The van der Waals surface area contributed by atoms with Gasteiger partial charge in [0.2, 0.25) is 17.0 Å². The van der Waals surface area contributed by atoms with E-state index in [2.05, 4.69) is 13.6 Å². The average Bonchev–Trinajstić information content (AvgIpc) is 2.71. The molecule has 0 N–H and O–H groups in total. The predicted molar refractivity (Wildman–Crippen MR) is 113 cm³/mol. The highest BCUT2D eigenvalue weighted by Crippen LogP contribution is 2.65. The quantitative estimate of drug-likeness (QED) is 0.125. The van der Waals surface area contributed by atoms with Gasteiger partial charge in [-0.15, -0.1) is 0 Å². The molecule has 3 atom stereocenters. The van der Waals surface area contributed by atoms with E-state index in [-0.39, 0.29) is 19.3 Å². The Hall–Kier alpha value is -0.520. The zero-order chi connectivity index (χ0) is 28.0. The SMILES string of the molecule is CCCC(F)(CC)C(F)(F)OP(=O)(OC(F)(F)C(F)(CC)CCC)OC(F)(F)C(F)(CC)CCC. The Morgan fingerprint density at radius 3 is 0.829 bits per heavy atom. The van der Waals surface area contributed by atoms with Gasteiger partial charge in [0.1, 0.15) is 0 Å². The summed E-state index contributed by atoms with van der Waals surface area (Å²) in [5, 5.41) is 0. The van der Waals surface area contributed by atoms with E-state index >= 15 is 0 Å². The molecule has 3 unspecified atom stereocenters. The summed E-state index contributed by atoms with van der Waals surface area (Å²) in [6.07, 6.45) is -22.5. The van der Waals surface area contributed by atoms with Crippen molar-refractivity contribution in [1.29, 1.82) is 0 Å². The molecule has 212 valence electrons. The van der Waals surface area contributed by atoms with E-state index in [9.17, 15) is 44.1 Å². The van der Waals surface area contributed by atoms with E-state index in [0.717, 1.165) is 20.8 Å². The second kappa shape index (κ2) is 12.3. The summed E-state index contributed by atoms with van der Waals surface area (Å²) >= 11 is 0. The van der Waals surface area contributed by atoms with Gasteiger partial charge in [0, 0.05) is 0 Å². The van der Waals surface area contributed by atoms with Crippen LogP contribution in [0.5, 0.6) is 0 Å². The minimum atomic E-state index is -6.95. The molecule has 0 bridgehead atoms. The third kappa shape index (κ3) is 7.74. The molecular formula is C21H36F9O4P. The van der Waals surface area contributed by atoms with Crippen LogP contribution in [0.4, 0.5) is 39.5 Å². The van der Waals surface area contributed by atoms with Gasteiger partial charge in [-0.2, -0.15) is 26.3 Å². The molecule has 0 aromatic rings. The van der Waals surface area contributed by atoms with Gasteiger partial charge in [0.15, 0.2) is 0 Å². The zero-order valence-corrected chi connectivity index (χ0v) is 21.7. The standard InChI is InChI=1S/C21H36F9O4P/c1-7-13-16(22,10-4)19(25,26)32-35(31,33-20(27,28)17(23,11-5)14-8-2)34-21(29,30)18(24,12-6)15-9-3/h7-15H2,1-6H3. The first kappa shape index (κ1) is 34.5. The minimum absolute atomic E-state index is 0.235. The Kier molecular flexibility index (Phi) is 12.2. The number of phosphoric ester groups is 1. The van der Waals surface area contributed by atoms with Crippen molar-refractivity contribution in [3.8, 4) is 0 Å². The summed E-state index contributed by atoms with van der Waals surface area (Å²) in [6.45, 7) is 6.58. The molecule has 0 spiro atoms. The van der Waals surface area contributed by atoms with Gasteiger partial charge >= 0.3 is 26.1 Å². The fourth-order valence-corrected chi connectivity index (χ4v) is 4.94. The third-order valence-electron chi connectivity index (χ3n) is 5.86. The maximum atomic E-state index is 14.9. The Balaban J connectivity index is 6.70. The van der Waals surface area contributed by atoms with Crippen LogP contribution in [0.2, 0.25) is 0 Å². The largest absolute Gasteiger partial charge is 0.489 e. The van der Waals surface area contributed by atoms with Crippen molar-refractivity contribution in [2.45, 2.75) is 135 Å². The highest BCUT2D eigenvalue weighted by molar-refractivity contribution is 7.48. The number of phosphoric acid groups is 1. The Bertz CT molecular complexity index is 622. The van der Waals surface area contributed by atoms with Crippen molar-refractivity contribution >= 4 is 7.82 Å². The van der Waals surface area contributed by atoms with Crippen LogP contribution >= 0.6 is 7.82 Å². The fourth-order valence-electron chi connectivity index (χ4n) is 3.50. The van der Waals surface area contributed by atoms with Crippen LogP contribution < -0.4 is 0 Å². The van der Waals surface area contributed by atoms with E-state index < -0.39 is 81.7 Å². The van der Waals surface area contributed by atoms with Gasteiger partial charge in [-0.05, 0) is 38.5 Å². The lowest BCUT2D eigenvalue weighted by atomic mass is 9.96. The van der Waals surface area contributed by atoms with E-state index in [1.807, 2.05) is 0 Å². The molecule has 0 saturated heterocycles. The maximum Gasteiger partial charge on any atom is 0.489 e. The molecule has 0 saturated carbocycles. The number of halogens is 9. The lowest BCUT2D eigenvalue weighted by molar-refractivity contribution is -0.329. The average molecular weight is 554 g/mol. The minimum Gasteiger partial charge on any atom is -0.234 e. The van der Waals surface area contributed by atoms with E-state index in [1.165, 1.54) is 20.8 Å². The molecule has 0 heterocycles. The smallest absolute Gasteiger partial charge is 0.234 e. The van der Waals surface area contributed by atoms with Crippen molar-refractivity contribution in [2.75, 3.05) is 0 Å². The molecule has 0 amide bonds. The molecule has 0 radical (unpaired) electrons. The summed E-state index contributed by atoms with van der Waals surface area (Å²) in [4.78, 5) is 0. The van der Waals surface area contributed by atoms with Gasteiger partial charge in [-0.1, -0.05) is 60.8 Å². The topological polar surface area (TPSA) is 44.8 Å². The highest BCUT2D eigenvalue weighted by atomic mass is 31.2. The fraction of sp³-hybridized carbons (Fsp3) is 1.00. The Morgan fingerprint density at radius 1 is 0.486 bits per heavy atom. The van der Waals surface area contributed by atoms with Gasteiger partial charge in [-0.25, -0.2) is 31.3 Å². The van der Waals surface area contributed by atoms with Crippen LogP contribution in [-0.2, 0) is 18.1 Å². The molecule has 0 fully saturated rings. The molecular weight excluding hydrogens is 518 g/mol. The second-order valence-electron chi connectivity index (χ2n) is 8.48. The van der Waals surface area contributed by atoms with Gasteiger partial charge in [0.25, 0.3) is 0 Å². The molecule has 0 rings (SSSR count). The third-order valence-corrected chi connectivity index (χ3v) is 7.22. The van der Waals surface area contributed by atoms with Crippen LogP contribution in [0.1, 0.15) is 99.3 Å². The van der Waals surface area contributed by atoms with Crippen molar-refractivity contribution in [1.82, 2.24) is 0 Å². The molecule has 0 aliphatic carbocycles. The number of alkyl halides is 9. The van der Waals surface area contributed by atoms with E-state index in [4.69, 9.17) is 0 Å². The molecule has 0 aromatic heterocycles. The van der Waals surface area contributed by atoms with Crippen molar-refractivity contribution in [3.63, 3.8) is 0 Å². The zero-order valence-electron chi connectivity index (χ0n) is 20.8. The summed E-state index contributed by atoms with van der Waals surface area (Å²) in [7, 11) is -6.95. The second-order valence-corrected chi connectivity index (χ2v) is 9.92. The van der Waals surface area contributed by atoms with Gasteiger partial charge in [-0.3, -0.25) is 0 Å². The Morgan fingerprint density at radius 2 is 0.686 bits per heavy atom. The molecule has 14 heteroatoms. The lowest BCUT2D eigenvalue weighted by Crippen LogP contribution is -2.50. The summed E-state index contributed by atoms with van der Waals surface area (Å²) in [6, 6.07) is 0. The van der Waals surface area contributed by atoms with Crippen molar-refractivity contribution < 1.29 is 57.7 Å². The molecule has 35 heavy (non-hydrogen) atoms. The first-order valence-electron chi connectivity index (χ1n) is 11.7. The number of rotatable bonds is 18. The van der Waals surface area contributed by atoms with Crippen molar-refractivity contribution in [2.24, 2.45) is 0 Å². The summed E-state index contributed by atoms with van der Waals surface area (Å²) in [5.74, 6) is 0. The van der Waals surface area contributed by atoms with Crippen LogP contribution in [0.3, 0.4) is 0 Å². The van der Waals surface area contributed by atoms with Gasteiger partial charge in [0.05, 0.1) is 0 Å². The van der Waals surface area contributed by atoms with Gasteiger partial charge < -0.3 is 0 Å². The predicted octanol–water partition coefficient (Wildman–Crippen LogP) is 9.68. The van der Waals surface area contributed by atoms with Crippen LogP contribution in [0.25, 0.3) is 0 Å². The molecule has 0 aliphatic rings. The summed E-state index contributed by atoms with van der Waals surface area (Å²) in [5.41, 5.74) is -11.0. The first-order valence-corrected chi connectivity index (χ1v) is 13.1. The highest BCUT2D eigenvalue weighted by Gasteiger charge is 2.67. The Labute approximate surface area is 200 Å². The van der Waals surface area contributed by atoms with Crippen LogP contribution in [0.15, 0.2) is 0 Å². The first-order chi connectivity index (χ1) is 15.7. The maximum absolute atomic E-state index is 14.9.